The summed E-state index contributed by atoms with van der Waals surface area (Å²) in [6, 6.07) is 59.8. The Morgan fingerprint density at radius 2 is 1.03 bits per heavy atom. The molecule has 3 heterocycles. The first-order valence-corrected chi connectivity index (χ1v) is 20.2. The number of para-hydroxylation sites is 4. The molecule has 3 heteroatoms. The van der Waals surface area contributed by atoms with Gasteiger partial charge in [0.1, 0.15) is 0 Å². The summed E-state index contributed by atoms with van der Waals surface area (Å²) in [6.07, 6.45) is 13.1. The predicted octanol–water partition coefficient (Wildman–Crippen LogP) is 12.9. The van der Waals surface area contributed by atoms with Gasteiger partial charge in [0.05, 0.1) is 33.4 Å². The van der Waals surface area contributed by atoms with E-state index in [9.17, 15) is 0 Å². The minimum Gasteiger partial charge on any atom is -0.309 e. The molecule has 0 unspecified atom stereocenters. The van der Waals surface area contributed by atoms with Crippen molar-refractivity contribution < 1.29 is 0 Å². The van der Waals surface area contributed by atoms with Gasteiger partial charge in [-0.2, -0.15) is 0 Å². The van der Waals surface area contributed by atoms with E-state index >= 15 is 0 Å². The van der Waals surface area contributed by atoms with Crippen LogP contribution in [0.3, 0.4) is 0 Å². The first-order valence-electron chi connectivity index (χ1n) is 20.2. The van der Waals surface area contributed by atoms with E-state index in [0.29, 0.717) is 0 Å². The standard InChI is InChI=1S/C55H41N3/c1-3-4-21-43-37(2)56(54-47(43)25-15-31-53(54)58-50-28-12-8-22-44(50)45-23-9-13-29-51(45)58)52-30-16-26-48-46-24-10-11-27-49(46)57(55(48)52)42-20-14-19-41(36-42)40-34-32-39(33-35-40)38-17-6-5-7-18-38/h3-9,12-36H,1,10-11H2,2H3/b21-4-. The third kappa shape index (κ3) is 5.20. The molecule has 0 atom stereocenters. The Hall–Kier alpha value is -7.36. The van der Waals surface area contributed by atoms with Crippen LogP contribution in [-0.2, 0) is 0 Å². The van der Waals surface area contributed by atoms with Gasteiger partial charge >= 0.3 is 0 Å². The van der Waals surface area contributed by atoms with Gasteiger partial charge < -0.3 is 13.7 Å². The van der Waals surface area contributed by atoms with Crippen LogP contribution in [0.15, 0.2) is 183 Å². The molecular formula is C55H41N3. The molecule has 3 nitrogen and oxygen atoms in total. The summed E-state index contributed by atoms with van der Waals surface area (Å²) >= 11 is 0. The van der Waals surface area contributed by atoms with Crippen molar-refractivity contribution in [1.82, 2.24) is 13.7 Å². The second-order valence-electron chi connectivity index (χ2n) is 15.3. The number of rotatable bonds is 7. The molecule has 0 aliphatic heterocycles. The second-order valence-corrected chi connectivity index (χ2v) is 15.3. The van der Waals surface area contributed by atoms with E-state index < -0.39 is 0 Å². The molecule has 1 aliphatic rings. The van der Waals surface area contributed by atoms with Crippen LogP contribution in [0.5, 0.6) is 0 Å². The lowest BCUT2D eigenvalue weighted by molar-refractivity contribution is 0.999. The van der Waals surface area contributed by atoms with Gasteiger partial charge in [-0.15, -0.1) is 0 Å². The lowest BCUT2D eigenvalue weighted by Crippen LogP contribution is -2.30. The summed E-state index contributed by atoms with van der Waals surface area (Å²) in [5.41, 5.74) is 15.4. The minimum atomic E-state index is 1.01. The Balaban J connectivity index is 1.20. The van der Waals surface area contributed by atoms with E-state index in [0.717, 1.165) is 29.9 Å². The monoisotopic (exact) mass is 743 g/mol. The van der Waals surface area contributed by atoms with E-state index in [2.05, 4.69) is 215 Å². The molecule has 0 saturated carbocycles. The molecule has 3 aromatic heterocycles. The fourth-order valence-electron chi connectivity index (χ4n) is 9.49. The van der Waals surface area contributed by atoms with E-state index in [1.165, 1.54) is 87.7 Å². The molecule has 0 N–H and O–H groups in total. The molecule has 1 aliphatic carbocycles. The maximum Gasteiger partial charge on any atom is 0.0782 e. The van der Waals surface area contributed by atoms with Crippen molar-refractivity contribution in [2.45, 2.75) is 19.8 Å². The highest BCUT2D eigenvalue weighted by Gasteiger charge is 2.24. The van der Waals surface area contributed by atoms with E-state index in [-0.39, 0.29) is 0 Å². The molecule has 276 valence electrons. The lowest BCUT2D eigenvalue weighted by Gasteiger charge is -2.18. The average Bonchev–Trinajstić information content (AvgIpc) is 3.91. The highest BCUT2D eigenvalue weighted by molar-refractivity contribution is 6.11. The highest BCUT2D eigenvalue weighted by atomic mass is 15.1. The van der Waals surface area contributed by atoms with E-state index in [1.54, 1.807) is 0 Å². The van der Waals surface area contributed by atoms with Crippen LogP contribution in [-0.4, -0.2) is 13.7 Å². The zero-order chi connectivity index (χ0) is 38.7. The van der Waals surface area contributed by atoms with Gasteiger partial charge in [-0.05, 0) is 78.4 Å². The maximum absolute atomic E-state index is 4.04. The lowest BCUT2D eigenvalue weighted by atomic mass is 10.00. The molecule has 10 aromatic rings. The number of hydrogen-bond donors (Lipinski definition) is 0. The minimum absolute atomic E-state index is 1.01. The topological polar surface area (TPSA) is 14.8 Å². The van der Waals surface area contributed by atoms with Crippen molar-refractivity contribution in [3.05, 3.63) is 204 Å². The predicted molar refractivity (Wildman–Crippen MR) is 247 cm³/mol. The molecule has 0 bridgehead atoms. The van der Waals surface area contributed by atoms with Gasteiger partial charge in [-0.1, -0.05) is 164 Å². The van der Waals surface area contributed by atoms with Crippen molar-refractivity contribution in [1.29, 1.82) is 0 Å². The largest absolute Gasteiger partial charge is 0.309 e. The van der Waals surface area contributed by atoms with Crippen LogP contribution in [0.4, 0.5) is 0 Å². The molecular weight excluding hydrogens is 703 g/mol. The molecule has 58 heavy (non-hydrogen) atoms. The third-order valence-corrected chi connectivity index (χ3v) is 12.0. The van der Waals surface area contributed by atoms with Crippen molar-refractivity contribution in [3.8, 4) is 39.3 Å². The first-order chi connectivity index (χ1) is 28.7. The van der Waals surface area contributed by atoms with Crippen LogP contribution in [0.25, 0.3) is 101 Å². The fraction of sp³-hybridized carbons (Fsp3) is 0.0545. The molecule has 0 spiro atoms. The third-order valence-electron chi connectivity index (χ3n) is 12.0. The van der Waals surface area contributed by atoms with Crippen LogP contribution >= 0.6 is 0 Å². The Bertz CT molecular complexity index is 3350. The van der Waals surface area contributed by atoms with Gasteiger partial charge in [0.25, 0.3) is 0 Å². The molecule has 0 saturated heterocycles. The zero-order valence-corrected chi connectivity index (χ0v) is 32.4. The second kappa shape index (κ2) is 13.7. The van der Waals surface area contributed by atoms with Crippen molar-refractivity contribution in [2.24, 2.45) is 0 Å². The van der Waals surface area contributed by atoms with Crippen LogP contribution in [0.2, 0.25) is 0 Å². The molecule has 11 rings (SSSR count). The Labute approximate surface area is 337 Å². The van der Waals surface area contributed by atoms with Gasteiger partial charge in [0, 0.05) is 49.1 Å². The Morgan fingerprint density at radius 3 is 1.76 bits per heavy atom. The number of fused-ring (bicyclic) bond motifs is 7. The van der Waals surface area contributed by atoms with Gasteiger partial charge in [0.2, 0.25) is 0 Å². The van der Waals surface area contributed by atoms with Gasteiger partial charge in [-0.25, -0.2) is 0 Å². The maximum atomic E-state index is 4.04. The SMILES string of the molecule is C=C/C=C\c1c(C)n(-c2cccc3c4c(n(-c5cccc(-c6ccc(-c7ccccc7)cc6)c5)c23)=CCCC=4)c2c(-n3c4ccccc4c4ccccc43)cccc12. The van der Waals surface area contributed by atoms with Crippen LogP contribution < -0.4 is 10.6 Å². The molecule has 7 aromatic carbocycles. The zero-order valence-electron chi connectivity index (χ0n) is 32.4. The average molecular weight is 744 g/mol. The summed E-state index contributed by atoms with van der Waals surface area (Å²) in [5.74, 6) is 0. The molecule has 0 radical (unpaired) electrons. The fourth-order valence-corrected chi connectivity index (χ4v) is 9.49. The van der Waals surface area contributed by atoms with Gasteiger partial charge in [0.15, 0.2) is 0 Å². The molecule has 0 amide bonds. The van der Waals surface area contributed by atoms with Gasteiger partial charge in [-0.3, -0.25) is 0 Å². The molecule has 0 fully saturated rings. The Kier molecular flexibility index (Phi) is 8.01. The van der Waals surface area contributed by atoms with Crippen molar-refractivity contribution >= 4 is 61.8 Å². The summed E-state index contributed by atoms with van der Waals surface area (Å²) in [5, 5.41) is 7.54. The highest BCUT2D eigenvalue weighted by Crippen LogP contribution is 2.40. The van der Waals surface area contributed by atoms with Crippen LogP contribution in [0.1, 0.15) is 24.1 Å². The number of hydrogen-bond acceptors (Lipinski definition) is 0. The Morgan fingerprint density at radius 1 is 0.483 bits per heavy atom. The van der Waals surface area contributed by atoms with Crippen molar-refractivity contribution in [2.75, 3.05) is 0 Å². The quantitative estimate of drug-likeness (QED) is 0.144. The summed E-state index contributed by atoms with van der Waals surface area (Å²) < 4.78 is 7.50. The van der Waals surface area contributed by atoms with Crippen molar-refractivity contribution in [3.63, 3.8) is 0 Å². The number of benzene rings is 7. The number of aromatic nitrogens is 3. The van der Waals surface area contributed by atoms with Crippen LogP contribution in [0, 0.1) is 6.92 Å². The summed E-state index contributed by atoms with van der Waals surface area (Å²) in [6.45, 7) is 6.31. The van der Waals surface area contributed by atoms with E-state index in [1.807, 2.05) is 6.08 Å². The van der Waals surface area contributed by atoms with E-state index in [4.69, 9.17) is 0 Å². The normalized spacial score (nSPS) is 12.7. The summed E-state index contributed by atoms with van der Waals surface area (Å²) in [7, 11) is 0. The smallest absolute Gasteiger partial charge is 0.0782 e. The number of nitrogens with zero attached hydrogens (tertiary/aromatic N) is 3. The number of allylic oxidation sites excluding steroid dienone is 2. The summed E-state index contributed by atoms with van der Waals surface area (Å²) in [4.78, 5) is 0. The first kappa shape index (κ1) is 33.9.